The summed E-state index contributed by atoms with van der Waals surface area (Å²) in [7, 11) is 1.17. The van der Waals surface area contributed by atoms with E-state index in [2.05, 4.69) is 11.9 Å². The number of benzene rings is 1. The molecule has 1 aromatic carbocycles. The first kappa shape index (κ1) is 11.2. The second-order valence-electron chi connectivity index (χ2n) is 3.01. The lowest BCUT2D eigenvalue weighted by Crippen LogP contribution is -2.48. The average molecular weight is 211 g/mol. The Hall–Kier alpha value is -0.843. The predicted molar refractivity (Wildman–Crippen MR) is 60.3 cm³/mol. The van der Waals surface area contributed by atoms with Crippen LogP contribution in [0.25, 0.3) is 0 Å². The van der Waals surface area contributed by atoms with Crippen LogP contribution in [0.5, 0.6) is 0 Å². The molecule has 4 heteroatoms. The third kappa shape index (κ3) is 2.57. The van der Waals surface area contributed by atoms with Gasteiger partial charge in [0, 0.05) is 26.0 Å². The molecule has 1 aromatic rings. The molecule has 0 atom stereocenters. The van der Waals surface area contributed by atoms with E-state index in [1.54, 1.807) is 14.2 Å². The molecule has 0 bridgehead atoms. The van der Waals surface area contributed by atoms with Crippen molar-refractivity contribution in [2.24, 2.45) is 0 Å². The Labute approximate surface area is 86.4 Å². The molecule has 0 aromatic heterocycles. The van der Waals surface area contributed by atoms with Gasteiger partial charge in [-0.1, -0.05) is 25.1 Å². The third-order valence-electron chi connectivity index (χ3n) is 2.23. The van der Waals surface area contributed by atoms with Gasteiger partial charge in [0.15, 0.2) is 0 Å². The Morgan fingerprint density at radius 1 is 1.14 bits per heavy atom. The predicted octanol–water partition coefficient (Wildman–Crippen LogP) is 2.35. The molecule has 0 saturated heterocycles. The maximum Gasteiger partial charge on any atom is 0.456 e. The second-order valence-corrected chi connectivity index (χ2v) is 6.29. The van der Waals surface area contributed by atoms with Gasteiger partial charge in [-0.05, 0) is 12.1 Å². The first-order chi connectivity index (χ1) is 6.76. The van der Waals surface area contributed by atoms with Crippen LogP contribution in [0.2, 0.25) is 6.04 Å². The molecule has 3 nitrogen and oxygen atoms in total. The lowest BCUT2D eigenvalue weighted by Gasteiger charge is -2.27. The first-order valence-electron chi connectivity index (χ1n) is 4.70. The molecule has 0 fully saturated rings. The van der Waals surface area contributed by atoms with Crippen LogP contribution in [0.15, 0.2) is 30.3 Å². The highest BCUT2D eigenvalue weighted by Gasteiger charge is 2.34. The number of nitrogens with one attached hydrogen (secondary N) is 1. The maximum absolute atomic E-state index is 5.45. The molecule has 0 aliphatic carbocycles. The van der Waals surface area contributed by atoms with Crippen LogP contribution in [0.4, 0.5) is 5.69 Å². The van der Waals surface area contributed by atoms with Gasteiger partial charge < -0.3 is 13.8 Å². The van der Waals surface area contributed by atoms with Crippen molar-refractivity contribution in [3.05, 3.63) is 30.3 Å². The summed E-state index contributed by atoms with van der Waals surface area (Å²) < 4.78 is 10.9. The zero-order chi connectivity index (χ0) is 10.4. The molecule has 0 aliphatic rings. The van der Waals surface area contributed by atoms with E-state index in [1.807, 2.05) is 30.3 Å². The minimum absolute atomic E-state index is 0.870. The van der Waals surface area contributed by atoms with E-state index in [-0.39, 0.29) is 0 Å². The monoisotopic (exact) mass is 211 g/mol. The van der Waals surface area contributed by atoms with Gasteiger partial charge in [-0.25, -0.2) is 0 Å². The molecule has 0 amide bonds. The summed E-state index contributed by atoms with van der Waals surface area (Å²) in [5, 5.41) is 0. The smallest absolute Gasteiger partial charge is 0.382 e. The lowest BCUT2D eigenvalue weighted by atomic mass is 10.3. The van der Waals surface area contributed by atoms with Crippen molar-refractivity contribution in [1.29, 1.82) is 0 Å². The summed E-state index contributed by atoms with van der Waals surface area (Å²) >= 11 is 0. The first-order valence-corrected chi connectivity index (χ1v) is 6.72. The number of hydrogen-bond donors (Lipinski definition) is 1. The van der Waals surface area contributed by atoms with Crippen LogP contribution in [0, 0.1) is 0 Å². The fraction of sp³-hybridized carbons (Fsp3) is 0.400. The molecular weight excluding hydrogens is 194 g/mol. The van der Waals surface area contributed by atoms with Crippen LogP contribution < -0.4 is 4.98 Å². The van der Waals surface area contributed by atoms with E-state index < -0.39 is 8.72 Å². The zero-order valence-corrected chi connectivity index (χ0v) is 9.91. The number of para-hydroxylation sites is 1. The van der Waals surface area contributed by atoms with Gasteiger partial charge in [0.2, 0.25) is 0 Å². The average Bonchev–Trinajstić information content (AvgIpc) is 2.28. The third-order valence-corrected chi connectivity index (χ3v) is 5.15. The largest absolute Gasteiger partial charge is 0.456 e. The van der Waals surface area contributed by atoms with Crippen molar-refractivity contribution in [1.82, 2.24) is 0 Å². The Kier molecular flexibility index (Phi) is 4.12. The number of hydrogen-bond acceptors (Lipinski definition) is 3. The Balaban J connectivity index is 2.74. The molecular formula is C10H17NO2Si. The molecule has 0 radical (unpaired) electrons. The van der Waals surface area contributed by atoms with Gasteiger partial charge in [0.05, 0.1) is 0 Å². The molecule has 78 valence electrons. The van der Waals surface area contributed by atoms with Crippen molar-refractivity contribution >= 4 is 14.4 Å². The standard InChI is InChI=1S/C10H17NO2Si/c1-4-14(12-2,13-3)11-10-8-6-5-7-9-10/h5-9,11H,4H2,1-3H3. The van der Waals surface area contributed by atoms with E-state index in [0.29, 0.717) is 0 Å². The van der Waals surface area contributed by atoms with Crippen LogP contribution in [-0.2, 0) is 8.85 Å². The molecule has 1 N–H and O–H groups in total. The Morgan fingerprint density at radius 3 is 2.14 bits per heavy atom. The summed E-state index contributed by atoms with van der Waals surface area (Å²) in [6.45, 7) is 2.06. The van der Waals surface area contributed by atoms with Gasteiger partial charge in [-0.15, -0.1) is 0 Å². The lowest BCUT2D eigenvalue weighted by molar-refractivity contribution is 0.251. The zero-order valence-electron chi connectivity index (χ0n) is 8.91. The molecule has 0 spiro atoms. The summed E-state index contributed by atoms with van der Waals surface area (Å²) in [4.78, 5) is 3.34. The van der Waals surface area contributed by atoms with Crippen molar-refractivity contribution in [2.45, 2.75) is 13.0 Å². The normalized spacial score (nSPS) is 11.4. The van der Waals surface area contributed by atoms with Crippen molar-refractivity contribution in [3.8, 4) is 0 Å². The van der Waals surface area contributed by atoms with E-state index in [1.165, 1.54) is 0 Å². The second kappa shape index (κ2) is 5.14. The highest BCUT2D eigenvalue weighted by atomic mass is 28.4. The van der Waals surface area contributed by atoms with Gasteiger partial charge in [0.1, 0.15) is 0 Å². The fourth-order valence-corrected chi connectivity index (χ4v) is 3.04. The Morgan fingerprint density at radius 2 is 1.71 bits per heavy atom. The molecule has 0 aliphatic heterocycles. The van der Waals surface area contributed by atoms with Crippen LogP contribution in [-0.4, -0.2) is 22.9 Å². The van der Waals surface area contributed by atoms with E-state index in [4.69, 9.17) is 8.85 Å². The quantitative estimate of drug-likeness (QED) is 0.758. The highest BCUT2D eigenvalue weighted by Crippen LogP contribution is 2.16. The van der Waals surface area contributed by atoms with Crippen molar-refractivity contribution in [2.75, 3.05) is 19.2 Å². The summed E-state index contributed by atoms with van der Waals surface area (Å²) in [6.07, 6.45) is 0. The summed E-state index contributed by atoms with van der Waals surface area (Å²) in [5.41, 5.74) is 1.05. The number of anilines is 1. The minimum Gasteiger partial charge on any atom is -0.382 e. The maximum atomic E-state index is 5.45. The fourth-order valence-electron chi connectivity index (χ4n) is 1.30. The molecule has 0 saturated carbocycles. The van der Waals surface area contributed by atoms with Crippen LogP contribution >= 0.6 is 0 Å². The van der Waals surface area contributed by atoms with E-state index in [0.717, 1.165) is 11.7 Å². The topological polar surface area (TPSA) is 30.5 Å². The molecule has 0 unspecified atom stereocenters. The van der Waals surface area contributed by atoms with Gasteiger partial charge >= 0.3 is 8.72 Å². The Bertz CT molecular complexity index is 254. The minimum atomic E-state index is -2.21. The molecule has 1 rings (SSSR count). The highest BCUT2D eigenvalue weighted by molar-refractivity contribution is 6.70. The van der Waals surface area contributed by atoms with Gasteiger partial charge in [0.25, 0.3) is 0 Å². The number of rotatable bonds is 5. The van der Waals surface area contributed by atoms with Crippen LogP contribution in [0.1, 0.15) is 6.92 Å². The summed E-state index contributed by atoms with van der Waals surface area (Å²) in [5.74, 6) is 0. The molecule has 14 heavy (non-hydrogen) atoms. The van der Waals surface area contributed by atoms with Crippen molar-refractivity contribution < 1.29 is 8.85 Å². The van der Waals surface area contributed by atoms with Crippen molar-refractivity contribution in [3.63, 3.8) is 0 Å². The van der Waals surface area contributed by atoms with Crippen LogP contribution in [0.3, 0.4) is 0 Å². The SMILES string of the molecule is CC[Si](Nc1ccccc1)(OC)OC. The van der Waals surface area contributed by atoms with E-state index in [9.17, 15) is 0 Å². The summed E-state index contributed by atoms with van der Waals surface area (Å²) in [6, 6.07) is 10.9. The van der Waals surface area contributed by atoms with E-state index >= 15 is 0 Å². The van der Waals surface area contributed by atoms with Gasteiger partial charge in [-0.3, -0.25) is 0 Å². The molecule has 0 heterocycles. The van der Waals surface area contributed by atoms with Gasteiger partial charge in [-0.2, -0.15) is 0 Å².